The van der Waals surface area contributed by atoms with Crippen LogP contribution < -0.4 is 0 Å². The van der Waals surface area contributed by atoms with Gasteiger partial charge < -0.3 is 18.1 Å². The first kappa shape index (κ1) is 28.1. The lowest BCUT2D eigenvalue weighted by Gasteiger charge is -2.40. The highest BCUT2D eigenvalue weighted by atomic mass is 35.5. The Kier molecular flexibility index (Phi) is 11.0. The predicted molar refractivity (Wildman–Crippen MR) is 120 cm³/mol. The molecule has 0 saturated heterocycles. The van der Waals surface area contributed by atoms with Crippen LogP contribution in [-0.4, -0.2) is 40.9 Å². The fourth-order valence-corrected chi connectivity index (χ4v) is 9.63. The van der Waals surface area contributed by atoms with Crippen molar-refractivity contribution in [1.82, 2.24) is 0 Å². The van der Waals surface area contributed by atoms with Crippen molar-refractivity contribution in [3.8, 4) is 0 Å². The van der Waals surface area contributed by atoms with Gasteiger partial charge in [-0.15, -0.1) is 0 Å². The molecule has 0 aromatic heterocycles. The van der Waals surface area contributed by atoms with Gasteiger partial charge in [-0.3, -0.25) is 13.9 Å². The summed E-state index contributed by atoms with van der Waals surface area (Å²) < 4.78 is 44.1. The van der Waals surface area contributed by atoms with Crippen molar-refractivity contribution in [2.45, 2.75) is 42.8 Å². The molecule has 0 aliphatic carbocycles. The van der Waals surface area contributed by atoms with Gasteiger partial charge in [0.1, 0.15) is 0 Å². The van der Waals surface area contributed by atoms with Crippen molar-refractivity contribution < 1.29 is 32.0 Å². The van der Waals surface area contributed by atoms with Crippen LogP contribution in [0.1, 0.15) is 44.5 Å². The Morgan fingerprint density at radius 1 is 0.800 bits per heavy atom. The third kappa shape index (κ3) is 6.10. The van der Waals surface area contributed by atoms with Crippen LogP contribution in [0, 0.1) is 0 Å². The molecule has 0 saturated carbocycles. The number of benzene rings is 1. The highest BCUT2D eigenvalue weighted by molar-refractivity contribution is 7.77. The molecule has 0 spiro atoms. The summed E-state index contributed by atoms with van der Waals surface area (Å²) in [5.74, 6) is -0.726. The quantitative estimate of drug-likeness (QED) is 0.149. The monoisotopic (exact) mass is 522 g/mol. The Hall–Kier alpha value is 0.0600. The van der Waals surface area contributed by atoms with E-state index >= 15 is 0 Å². The van der Waals surface area contributed by atoms with E-state index in [1.165, 1.54) is 12.1 Å². The lowest BCUT2D eigenvalue weighted by molar-refractivity contribution is 0.0966. The molecular formula is C18H27Cl3O7P2. The maximum absolute atomic E-state index is 13.7. The Balaban J connectivity index is 3.61. The van der Waals surface area contributed by atoms with E-state index in [1.807, 2.05) is 0 Å². The number of hydrogen-bond donors (Lipinski definition) is 0. The molecule has 172 valence electrons. The van der Waals surface area contributed by atoms with Crippen molar-refractivity contribution in [3.05, 3.63) is 35.9 Å². The minimum Gasteiger partial charge on any atom is -0.307 e. The average molecular weight is 524 g/mol. The zero-order valence-electron chi connectivity index (χ0n) is 17.3. The molecule has 7 nitrogen and oxygen atoms in total. The van der Waals surface area contributed by atoms with Crippen LogP contribution in [0.25, 0.3) is 0 Å². The van der Waals surface area contributed by atoms with Gasteiger partial charge in [0.2, 0.25) is 4.36 Å². The summed E-state index contributed by atoms with van der Waals surface area (Å²) in [5.41, 5.74) is 0.187. The lowest BCUT2D eigenvalue weighted by Crippen LogP contribution is -2.38. The standard InChI is InChI=1S/C18H27Cl3O7P2/c1-5-25-29(23,26-6-2)18(21,30(24,27-7-3)28-8-4)14-17(19,20)16(22)15-12-10-9-11-13-15/h9-13H,5-8,14H2,1-4H3. The summed E-state index contributed by atoms with van der Waals surface area (Å²) in [5, 5.41) is 0. The molecule has 0 unspecified atom stereocenters. The molecule has 0 N–H and O–H groups in total. The van der Waals surface area contributed by atoms with Gasteiger partial charge in [0.15, 0.2) is 10.1 Å². The second kappa shape index (κ2) is 11.8. The number of hydrogen-bond acceptors (Lipinski definition) is 7. The van der Waals surface area contributed by atoms with Crippen molar-refractivity contribution in [1.29, 1.82) is 0 Å². The van der Waals surface area contributed by atoms with Crippen LogP contribution in [0.4, 0.5) is 0 Å². The van der Waals surface area contributed by atoms with E-state index in [0.29, 0.717) is 0 Å². The molecule has 0 atom stereocenters. The van der Waals surface area contributed by atoms with Gasteiger partial charge >= 0.3 is 15.2 Å². The van der Waals surface area contributed by atoms with Crippen LogP contribution in [0.15, 0.2) is 30.3 Å². The SMILES string of the molecule is CCOP(=O)(OCC)C(Cl)(CC(Cl)(Cl)C(=O)c1ccccc1)P(=O)(OCC)OCC. The number of carbonyl (C=O) groups excluding carboxylic acids is 1. The summed E-state index contributed by atoms with van der Waals surface area (Å²) >= 11 is 19.5. The third-order valence-electron chi connectivity index (χ3n) is 3.85. The first-order valence-corrected chi connectivity index (χ1v) is 13.6. The van der Waals surface area contributed by atoms with Gasteiger partial charge in [-0.2, -0.15) is 0 Å². The minimum atomic E-state index is -4.42. The maximum atomic E-state index is 13.7. The molecule has 0 aliphatic rings. The third-order valence-corrected chi connectivity index (χ3v) is 11.7. The average Bonchev–Trinajstić information content (AvgIpc) is 2.68. The predicted octanol–water partition coefficient (Wildman–Crippen LogP) is 6.86. The van der Waals surface area contributed by atoms with E-state index in [0.717, 1.165) is 0 Å². The van der Waals surface area contributed by atoms with Crippen LogP contribution in [0.2, 0.25) is 0 Å². The van der Waals surface area contributed by atoms with E-state index in [-0.39, 0.29) is 32.0 Å². The second-order valence-electron chi connectivity index (χ2n) is 5.96. The molecule has 1 aromatic rings. The topological polar surface area (TPSA) is 88.1 Å². The van der Waals surface area contributed by atoms with Gasteiger partial charge in [0, 0.05) is 12.0 Å². The Morgan fingerprint density at radius 2 is 1.17 bits per heavy atom. The fourth-order valence-electron chi connectivity index (χ4n) is 2.66. The van der Waals surface area contributed by atoms with E-state index in [4.69, 9.17) is 52.9 Å². The van der Waals surface area contributed by atoms with Crippen molar-refractivity contribution in [3.63, 3.8) is 0 Å². The summed E-state index contributed by atoms with van der Waals surface area (Å²) in [7, 11) is -8.84. The molecule has 1 rings (SSSR count). The summed E-state index contributed by atoms with van der Waals surface area (Å²) in [6, 6.07) is 7.98. The highest BCUT2D eigenvalue weighted by Gasteiger charge is 2.67. The van der Waals surface area contributed by atoms with Crippen molar-refractivity contribution >= 4 is 55.8 Å². The fraction of sp³-hybridized carbons (Fsp3) is 0.611. The van der Waals surface area contributed by atoms with Crippen LogP contribution in [0.5, 0.6) is 0 Å². The van der Waals surface area contributed by atoms with Gasteiger partial charge in [0.05, 0.1) is 26.4 Å². The second-order valence-corrected chi connectivity index (χ2v) is 13.5. The number of alkyl halides is 3. The van der Waals surface area contributed by atoms with E-state index < -0.39 is 36.1 Å². The molecule has 0 fully saturated rings. The van der Waals surface area contributed by atoms with Gasteiger partial charge in [-0.05, 0) is 27.7 Å². The lowest BCUT2D eigenvalue weighted by atomic mass is 10.1. The molecule has 0 radical (unpaired) electrons. The smallest absolute Gasteiger partial charge is 0.307 e. The van der Waals surface area contributed by atoms with Crippen molar-refractivity contribution in [2.24, 2.45) is 0 Å². The summed E-state index contributed by atoms with van der Waals surface area (Å²) in [6.45, 7) is 5.86. The summed E-state index contributed by atoms with van der Waals surface area (Å²) in [4.78, 5) is 13.0. The molecule has 30 heavy (non-hydrogen) atoms. The van der Waals surface area contributed by atoms with E-state index in [2.05, 4.69) is 0 Å². The zero-order valence-corrected chi connectivity index (χ0v) is 21.4. The number of rotatable bonds is 14. The molecule has 0 aliphatic heterocycles. The first-order chi connectivity index (χ1) is 14.0. The van der Waals surface area contributed by atoms with Crippen LogP contribution in [0.3, 0.4) is 0 Å². The maximum Gasteiger partial charge on any atom is 0.363 e. The molecule has 0 heterocycles. The van der Waals surface area contributed by atoms with Crippen molar-refractivity contribution in [2.75, 3.05) is 26.4 Å². The number of ketones is 1. The molecular weight excluding hydrogens is 496 g/mol. The Bertz CT molecular complexity index is 739. The number of carbonyl (C=O) groups is 1. The number of Topliss-reactive ketones (excluding diaryl/α,β-unsaturated/α-hetero) is 1. The highest BCUT2D eigenvalue weighted by Crippen LogP contribution is 2.82. The Morgan fingerprint density at radius 3 is 1.50 bits per heavy atom. The van der Waals surface area contributed by atoms with Gasteiger partial charge in [0.25, 0.3) is 0 Å². The van der Waals surface area contributed by atoms with Crippen LogP contribution in [-0.2, 0) is 27.2 Å². The first-order valence-electron chi connectivity index (χ1n) is 9.41. The Labute approximate surface area is 192 Å². The molecule has 0 amide bonds. The molecule has 12 heteroatoms. The normalized spacial score (nSPS) is 13.4. The number of halogens is 3. The molecule has 1 aromatic carbocycles. The zero-order chi connectivity index (χ0) is 23.1. The molecule has 0 bridgehead atoms. The largest absolute Gasteiger partial charge is 0.363 e. The van der Waals surface area contributed by atoms with Gasteiger partial charge in [-0.1, -0.05) is 65.1 Å². The van der Waals surface area contributed by atoms with E-state index in [1.54, 1.807) is 45.9 Å². The van der Waals surface area contributed by atoms with E-state index in [9.17, 15) is 13.9 Å². The van der Waals surface area contributed by atoms with Crippen LogP contribution >= 0.6 is 50.0 Å². The summed E-state index contributed by atoms with van der Waals surface area (Å²) in [6.07, 6.45) is -0.785. The minimum absolute atomic E-state index is 0.0891. The van der Waals surface area contributed by atoms with Gasteiger partial charge in [-0.25, -0.2) is 0 Å².